The van der Waals surface area contributed by atoms with Crippen LogP contribution in [-0.4, -0.2) is 19.9 Å². The Hall–Kier alpha value is -1.66. The molecule has 92 valence electrons. The number of hydrogen-bond acceptors (Lipinski definition) is 3. The highest BCUT2D eigenvalue weighted by atomic mass is 79.9. The summed E-state index contributed by atoms with van der Waals surface area (Å²) in [5.74, 6) is 0.907. The van der Waals surface area contributed by atoms with Crippen LogP contribution in [0.25, 0.3) is 22.3 Å². The predicted molar refractivity (Wildman–Crippen MR) is 74.0 cm³/mol. The number of fused-ring (bicyclic) bond motifs is 1. The summed E-state index contributed by atoms with van der Waals surface area (Å²) in [6, 6.07) is 6.03. The van der Waals surface area contributed by atoms with Crippen molar-refractivity contribution in [3.63, 3.8) is 0 Å². The number of aryl methyl sites for hydroxylation is 1. The number of hydrogen-bond donors (Lipinski definition) is 3. The van der Waals surface area contributed by atoms with Crippen LogP contribution in [0.15, 0.2) is 22.9 Å². The van der Waals surface area contributed by atoms with Gasteiger partial charge in [-0.25, -0.2) is 9.97 Å². The number of halogens is 1. The number of aromatic nitrogens is 4. The molecule has 0 spiro atoms. The van der Waals surface area contributed by atoms with Crippen molar-refractivity contribution in [1.29, 1.82) is 0 Å². The molecular weight excluding hydrogens is 294 g/mol. The summed E-state index contributed by atoms with van der Waals surface area (Å²) >= 11 is 3.33. The van der Waals surface area contributed by atoms with Crippen molar-refractivity contribution >= 4 is 27.0 Å². The predicted octanol–water partition coefficient (Wildman–Crippen LogP) is 2.48. The highest BCUT2D eigenvalue weighted by Gasteiger charge is 2.11. The Morgan fingerprint density at radius 1 is 1.28 bits per heavy atom. The van der Waals surface area contributed by atoms with Crippen LogP contribution < -0.4 is 5.73 Å². The lowest BCUT2D eigenvalue weighted by molar-refractivity contribution is 1.01. The van der Waals surface area contributed by atoms with E-state index in [1.807, 2.05) is 25.1 Å². The second kappa shape index (κ2) is 4.22. The molecule has 0 fully saturated rings. The third kappa shape index (κ3) is 1.83. The van der Waals surface area contributed by atoms with Crippen molar-refractivity contribution in [1.82, 2.24) is 19.9 Å². The number of imidazole rings is 2. The van der Waals surface area contributed by atoms with Crippen molar-refractivity contribution in [3.05, 3.63) is 34.5 Å². The molecule has 3 rings (SSSR count). The molecule has 18 heavy (non-hydrogen) atoms. The SMILES string of the molecule is Cc1nc2ccc(-c3nc(Br)[nH]c3CN)cc2[nH]1. The molecule has 1 aromatic carbocycles. The van der Waals surface area contributed by atoms with Crippen LogP contribution >= 0.6 is 15.9 Å². The number of H-pyrrole nitrogens is 2. The highest BCUT2D eigenvalue weighted by Crippen LogP contribution is 2.26. The normalized spacial score (nSPS) is 11.3. The average Bonchev–Trinajstić information content (AvgIpc) is 2.89. The Kier molecular flexibility index (Phi) is 2.68. The molecule has 5 nitrogen and oxygen atoms in total. The van der Waals surface area contributed by atoms with Crippen LogP contribution in [0.2, 0.25) is 0 Å². The fourth-order valence-electron chi connectivity index (χ4n) is 2.05. The third-order valence-corrected chi connectivity index (χ3v) is 3.20. The summed E-state index contributed by atoms with van der Waals surface area (Å²) in [7, 11) is 0. The lowest BCUT2D eigenvalue weighted by atomic mass is 10.1. The van der Waals surface area contributed by atoms with E-state index in [1.165, 1.54) is 0 Å². The van der Waals surface area contributed by atoms with Crippen molar-refractivity contribution in [2.75, 3.05) is 0 Å². The second-order valence-electron chi connectivity index (χ2n) is 4.11. The van der Waals surface area contributed by atoms with Gasteiger partial charge >= 0.3 is 0 Å². The van der Waals surface area contributed by atoms with E-state index in [-0.39, 0.29) is 0 Å². The number of nitrogens with zero attached hydrogens (tertiary/aromatic N) is 2. The van der Waals surface area contributed by atoms with E-state index in [0.717, 1.165) is 33.8 Å². The molecule has 0 saturated carbocycles. The van der Waals surface area contributed by atoms with E-state index in [4.69, 9.17) is 5.73 Å². The maximum atomic E-state index is 5.71. The van der Waals surface area contributed by atoms with E-state index < -0.39 is 0 Å². The zero-order chi connectivity index (χ0) is 12.7. The topological polar surface area (TPSA) is 83.4 Å². The lowest BCUT2D eigenvalue weighted by Crippen LogP contribution is -1.98. The molecule has 2 heterocycles. The standard InChI is InChI=1S/C12H12BrN5/c1-6-15-8-3-2-7(4-9(8)16-6)11-10(5-14)17-12(13)18-11/h2-4H,5,14H2,1H3,(H,15,16)(H,17,18). The molecular formula is C12H12BrN5. The maximum absolute atomic E-state index is 5.71. The summed E-state index contributed by atoms with van der Waals surface area (Å²) in [4.78, 5) is 15.1. The number of nitrogens with two attached hydrogens (primary N) is 1. The molecule has 0 amide bonds. The summed E-state index contributed by atoms with van der Waals surface area (Å²) in [5.41, 5.74) is 10.5. The minimum absolute atomic E-state index is 0.425. The van der Waals surface area contributed by atoms with Gasteiger partial charge in [0.15, 0.2) is 4.73 Å². The van der Waals surface area contributed by atoms with Gasteiger partial charge in [-0.2, -0.15) is 0 Å². The summed E-state index contributed by atoms with van der Waals surface area (Å²) in [6.07, 6.45) is 0. The van der Waals surface area contributed by atoms with Crippen LogP contribution in [0.5, 0.6) is 0 Å². The fraction of sp³-hybridized carbons (Fsp3) is 0.167. The maximum Gasteiger partial charge on any atom is 0.175 e. The molecule has 0 radical (unpaired) electrons. The van der Waals surface area contributed by atoms with Gasteiger partial charge in [-0.3, -0.25) is 0 Å². The van der Waals surface area contributed by atoms with Gasteiger partial charge in [0.2, 0.25) is 0 Å². The van der Waals surface area contributed by atoms with Gasteiger partial charge in [0.1, 0.15) is 5.82 Å². The summed E-state index contributed by atoms with van der Waals surface area (Å²) in [6.45, 7) is 2.37. The number of rotatable bonds is 2. The first kappa shape index (κ1) is 11.4. The zero-order valence-corrected chi connectivity index (χ0v) is 11.4. The lowest BCUT2D eigenvalue weighted by Gasteiger charge is -2.00. The van der Waals surface area contributed by atoms with Gasteiger partial charge in [0.25, 0.3) is 0 Å². The summed E-state index contributed by atoms with van der Waals surface area (Å²) in [5, 5.41) is 0. The van der Waals surface area contributed by atoms with Crippen LogP contribution in [-0.2, 0) is 6.54 Å². The van der Waals surface area contributed by atoms with Crippen molar-refractivity contribution in [3.8, 4) is 11.3 Å². The summed E-state index contributed by atoms with van der Waals surface area (Å²) < 4.78 is 0.693. The zero-order valence-electron chi connectivity index (χ0n) is 9.79. The first-order valence-electron chi connectivity index (χ1n) is 5.58. The largest absolute Gasteiger partial charge is 0.342 e. The Balaban J connectivity index is 2.18. The fourth-order valence-corrected chi connectivity index (χ4v) is 2.46. The Morgan fingerprint density at radius 2 is 2.11 bits per heavy atom. The second-order valence-corrected chi connectivity index (χ2v) is 4.86. The van der Waals surface area contributed by atoms with E-state index in [0.29, 0.717) is 11.3 Å². The molecule has 2 aromatic heterocycles. The van der Waals surface area contributed by atoms with Gasteiger partial charge in [0, 0.05) is 12.1 Å². The van der Waals surface area contributed by atoms with E-state index in [2.05, 4.69) is 35.9 Å². The smallest absolute Gasteiger partial charge is 0.175 e. The Morgan fingerprint density at radius 3 is 2.89 bits per heavy atom. The van der Waals surface area contributed by atoms with Gasteiger partial charge in [-0.1, -0.05) is 6.07 Å². The number of nitrogens with one attached hydrogen (secondary N) is 2. The molecule has 0 atom stereocenters. The highest BCUT2D eigenvalue weighted by molar-refractivity contribution is 9.10. The molecule has 0 aliphatic rings. The number of benzene rings is 1. The van der Waals surface area contributed by atoms with E-state index in [9.17, 15) is 0 Å². The van der Waals surface area contributed by atoms with E-state index in [1.54, 1.807) is 0 Å². The number of aromatic amines is 2. The van der Waals surface area contributed by atoms with E-state index >= 15 is 0 Å². The van der Waals surface area contributed by atoms with Gasteiger partial charge in [0.05, 0.1) is 22.4 Å². The van der Waals surface area contributed by atoms with Crippen molar-refractivity contribution in [2.45, 2.75) is 13.5 Å². The van der Waals surface area contributed by atoms with Crippen LogP contribution in [0.4, 0.5) is 0 Å². The van der Waals surface area contributed by atoms with Crippen LogP contribution in [0, 0.1) is 6.92 Å². The first-order valence-corrected chi connectivity index (χ1v) is 6.38. The minimum Gasteiger partial charge on any atom is -0.342 e. The molecule has 0 saturated heterocycles. The van der Waals surface area contributed by atoms with Gasteiger partial charge < -0.3 is 15.7 Å². The molecule has 0 bridgehead atoms. The third-order valence-electron chi connectivity index (χ3n) is 2.83. The molecule has 0 aliphatic heterocycles. The van der Waals surface area contributed by atoms with Crippen LogP contribution in [0.3, 0.4) is 0 Å². The van der Waals surface area contributed by atoms with Crippen molar-refractivity contribution < 1.29 is 0 Å². The molecule has 0 unspecified atom stereocenters. The molecule has 0 aliphatic carbocycles. The van der Waals surface area contributed by atoms with Crippen LogP contribution in [0.1, 0.15) is 11.5 Å². The van der Waals surface area contributed by atoms with Gasteiger partial charge in [-0.15, -0.1) is 0 Å². The average molecular weight is 306 g/mol. The molecule has 6 heteroatoms. The quantitative estimate of drug-likeness (QED) is 0.680. The van der Waals surface area contributed by atoms with Gasteiger partial charge in [-0.05, 0) is 35.0 Å². The van der Waals surface area contributed by atoms with Crippen molar-refractivity contribution in [2.24, 2.45) is 5.73 Å². The first-order chi connectivity index (χ1) is 8.67. The minimum atomic E-state index is 0.425. The Labute approximate surface area is 112 Å². The molecule has 4 N–H and O–H groups in total. The molecule has 3 aromatic rings. The monoisotopic (exact) mass is 305 g/mol. The Bertz CT molecular complexity index is 712.